The minimum atomic E-state index is 0.205. The molecule has 1 aliphatic carbocycles. The summed E-state index contributed by atoms with van der Waals surface area (Å²) in [4.78, 5) is 11.9. The summed E-state index contributed by atoms with van der Waals surface area (Å²) in [5.41, 5.74) is 4.59. The van der Waals surface area contributed by atoms with E-state index in [0.29, 0.717) is 6.54 Å². The van der Waals surface area contributed by atoms with Crippen molar-refractivity contribution in [1.29, 1.82) is 0 Å². The van der Waals surface area contributed by atoms with Crippen molar-refractivity contribution in [2.75, 3.05) is 6.54 Å². The summed E-state index contributed by atoms with van der Waals surface area (Å²) >= 11 is 0. The van der Waals surface area contributed by atoms with Gasteiger partial charge in [0, 0.05) is 23.7 Å². The molecule has 1 saturated carbocycles. The van der Waals surface area contributed by atoms with Gasteiger partial charge in [0.25, 0.3) is 0 Å². The van der Waals surface area contributed by atoms with Crippen LogP contribution in [0, 0.1) is 19.8 Å². The average Bonchev–Trinajstić information content (AvgIpc) is 2.72. The highest BCUT2D eigenvalue weighted by molar-refractivity contribution is 5.79. The lowest BCUT2D eigenvalue weighted by Gasteiger charge is -2.24. The largest absolute Gasteiger partial charge is 0.354 e. The predicted octanol–water partition coefficient (Wildman–Crippen LogP) is 3.08. The number of benzene rings is 1. The van der Waals surface area contributed by atoms with Gasteiger partial charge >= 0.3 is 0 Å². The molecule has 116 valence electrons. The van der Waals surface area contributed by atoms with Gasteiger partial charge in [0.05, 0.1) is 12.2 Å². The molecule has 0 radical (unpaired) electrons. The first-order valence-electron chi connectivity index (χ1n) is 8.04. The molecule has 0 bridgehead atoms. The molecule has 4 heteroatoms. The average molecular weight is 297 g/mol. The second-order valence-electron chi connectivity index (χ2n) is 6.05. The van der Waals surface area contributed by atoms with Crippen LogP contribution in [0.15, 0.2) is 30.3 Å². The third-order valence-corrected chi connectivity index (χ3v) is 4.54. The van der Waals surface area contributed by atoms with Gasteiger partial charge in [-0.2, -0.15) is 5.10 Å². The molecule has 1 fully saturated rings. The number of nitrogens with one attached hydrogen (secondary N) is 1. The van der Waals surface area contributed by atoms with Crippen LogP contribution in [-0.4, -0.2) is 22.2 Å². The van der Waals surface area contributed by atoms with Crippen LogP contribution in [0.4, 0.5) is 0 Å². The standard InChI is InChI=1S/C18H23N3O/c1-13-17(15-7-4-3-5-8-15)14(2)21(20-13)12-11-19-18(22)16-9-6-10-16/h3-5,7-8,16H,6,9-12H2,1-2H3,(H,19,22). The Bertz CT molecular complexity index is 656. The molecule has 1 aromatic heterocycles. The molecule has 0 spiro atoms. The fraction of sp³-hybridized carbons (Fsp3) is 0.444. The van der Waals surface area contributed by atoms with Crippen LogP contribution < -0.4 is 5.32 Å². The molecule has 1 heterocycles. The lowest BCUT2D eigenvalue weighted by atomic mass is 9.85. The van der Waals surface area contributed by atoms with E-state index < -0.39 is 0 Å². The number of amides is 1. The van der Waals surface area contributed by atoms with Crippen molar-refractivity contribution in [1.82, 2.24) is 15.1 Å². The number of rotatable bonds is 5. The summed E-state index contributed by atoms with van der Waals surface area (Å²) in [7, 11) is 0. The minimum absolute atomic E-state index is 0.205. The van der Waals surface area contributed by atoms with Crippen molar-refractivity contribution < 1.29 is 4.79 Å². The smallest absolute Gasteiger partial charge is 0.223 e. The van der Waals surface area contributed by atoms with Crippen LogP contribution in [0.2, 0.25) is 0 Å². The van der Waals surface area contributed by atoms with Crippen molar-refractivity contribution in [3.05, 3.63) is 41.7 Å². The second-order valence-corrected chi connectivity index (χ2v) is 6.05. The van der Waals surface area contributed by atoms with Crippen LogP contribution in [0.3, 0.4) is 0 Å². The van der Waals surface area contributed by atoms with E-state index in [2.05, 4.69) is 29.5 Å². The van der Waals surface area contributed by atoms with Crippen molar-refractivity contribution in [3.63, 3.8) is 0 Å². The number of nitrogens with zero attached hydrogens (tertiary/aromatic N) is 2. The number of carbonyl (C=O) groups excluding carboxylic acids is 1. The Kier molecular flexibility index (Phi) is 4.27. The molecule has 1 aromatic carbocycles. The number of aromatic nitrogens is 2. The molecular weight excluding hydrogens is 274 g/mol. The number of hydrogen-bond acceptors (Lipinski definition) is 2. The number of hydrogen-bond donors (Lipinski definition) is 1. The molecule has 2 aromatic rings. The van der Waals surface area contributed by atoms with Gasteiger partial charge in [-0.15, -0.1) is 0 Å². The number of carbonyl (C=O) groups is 1. The Labute approximate surface area is 131 Å². The molecule has 0 aliphatic heterocycles. The maximum atomic E-state index is 11.9. The Morgan fingerprint density at radius 3 is 2.64 bits per heavy atom. The van der Waals surface area contributed by atoms with Gasteiger partial charge in [-0.25, -0.2) is 0 Å². The van der Waals surface area contributed by atoms with Crippen LogP contribution in [0.25, 0.3) is 11.1 Å². The van der Waals surface area contributed by atoms with Gasteiger partial charge in [0.15, 0.2) is 0 Å². The third kappa shape index (κ3) is 2.91. The summed E-state index contributed by atoms with van der Waals surface area (Å²) in [5.74, 6) is 0.455. The molecule has 3 rings (SSSR count). The van der Waals surface area contributed by atoms with Crippen LogP contribution in [0.5, 0.6) is 0 Å². The van der Waals surface area contributed by atoms with Gasteiger partial charge in [-0.1, -0.05) is 36.8 Å². The van der Waals surface area contributed by atoms with Crippen LogP contribution >= 0.6 is 0 Å². The fourth-order valence-electron chi connectivity index (χ4n) is 3.04. The third-order valence-electron chi connectivity index (χ3n) is 4.54. The maximum absolute atomic E-state index is 11.9. The summed E-state index contributed by atoms with van der Waals surface area (Å²) in [6, 6.07) is 10.3. The Hall–Kier alpha value is -2.10. The first-order valence-corrected chi connectivity index (χ1v) is 8.04. The number of aryl methyl sites for hydroxylation is 1. The molecular formula is C18H23N3O. The zero-order valence-corrected chi connectivity index (χ0v) is 13.3. The highest BCUT2D eigenvalue weighted by Crippen LogP contribution is 2.27. The van der Waals surface area contributed by atoms with Gasteiger partial charge in [-0.05, 0) is 32.3 Å². The first kappa shape index (κ1) is 14.8. The van der Waals surface area contributed by atoms with Gasteiger partial charge in [0.1, 0.15) is 0 Å². The first-order chi connectivity index (χ1) is 10.7. The van der Waals surface area contributed by atoms with Crippen molar-refractivity contribution >= 4 is 5.91 Å². The summed E-state index contributed by atoms with van der Waals surface area (Å²) in [6.45, 7) is 5.50. The summed E-state index contributed by atoms with van der Waals surface area (Å²) in [6.07, 6.45) is 3.28. The summed E-state index contributed by atoms with van der Waals surface area (Å²) in [5, 5.41) is 7.66. The van der Waals surface area contributed by atoms with E-state index in [0.717, 1.165) is 30.8 Å². The normalized spacial score (nSPS) is 14.6. The molecule has 4 nitrogen and oxygen atoms in total. The van der Waals surface area contributed by atoms with Crippen LogP contribution in [-0.2, 0) is 11.3 Å². The van der Waals surface area contributed by atoms with E-state index in [9.17, 15) is 4.79 Å². The minimum Gasteiger partial charge on any atom is -0.354 e. The molecule has 0 unspecified atom stereocenters. The fourth-order valence-corrected chi connectivity index (χ4v) is 3.04. The predicted molar refractivity (Wildman–Crippen MR) is 87.5 cm³/mol. The van der Waals surface area contributed by atoms with Crippen LogP contribution in [0.1, 0.15) is 30.7 Å². The molecule has 0 saturated heterocycles. The lowest BCUT2D eigenvalue weighted by Crippen LogP contribution is -2.36. The van der Waals surface area contributed by atoms with E-state index in [-0.39, 0.29) is 11.8 Å². The van der Waals surface area contributed by atoms with Gasteiger partial charge < -0.3 is 5.32 Å². The van der Waals surface area contributed by atoms with Gasteiger partial charge in [0.2, 0.25) is 5.91 Å². The Balaban J connectivity index is 1.66. The van der Waals surface area contributed by atoms with E-state index in [1.165, 1.54) is 17.5 Å². The molecule has 1 aliphatic rings. The van der Waals surface area contributed by atoms with Gasteiger partial charge in [-0.3, -0.25) is 9.48 Å². The van der Waals surface area contributed by atoms with Crippen molar-refractivity contribution in [2.45, 2.75) is 39.7 Å². The monoisotopic (exact) mass is 297 g/mol. The maximum Gasteiger partial charge on any atom is 0.223 e. The second kappa shape index (κ2) is 6.34. The summed E-state index contributed by atoms with van der Waals surface area (Å²) < 4.78 is 2.00. The zero-order chi connectivity index (χ0) is 15.5. The Morgan fingerprint density at radius 1 is 1.27 bits per heavy atom. The SMILES string of the molecule is Cc1nn(CCNC(=O)C2CCC2)c(C)c1-c1ccccc1. The highest BCUT2D eigenvalue weighted by atomic mass is 16.1. The zero-order valence-electron chi connectivity index (χ0n) is 13.3. The Morgan fingerprint density at radius 2 is 2.00 bits per heavy atom. The molecule has 1 amide bonds. The molecule has 22 heavy (non-hydrogen) atoms. The van der Waals surface area contributed by atoms with Crippen molar-refractivity contribution in [2.24, 2.45) is 5.92 Å². The molecule has 1 N–H and O–H groups in total. The quantitative estimate of drug-likeness (QED) is 0.922. The topological polar surface area (TPSA) is 46.9 Å². The van der Waals surface area contributed by atoms with E-state index in [1.807, 2.05) is 29.8 Å². The van der Waals surface area contributed by atoms with E-state index in [1.54, 1.807) is 0 Å². The van der Waals surface area contributed by atoms with E-state index >= 15 is 0 Å². The van der Waals surface area contributed by atoms with Crippen molar-refractivity contribution in [3.8, 4) is 11.1 Å². The molecule has 0 atom stereocenters. The van der Waals surface area contributed by atoms with E-state index in [4.69, 9.17) is 0 Å². The lowest BCUT2D eigenvalue weighted by molar-refractivity contribution is -0.127. The highest BCUT2D eigenvalue weighted by Gasteiger charge is 2.24.